The maximum Gasteiger partial charge on any atom is 0.168 e. The van der Waals surface area contributed by atoms with Gasteiger partial charge in [-0.25, -0.2) is 14.6 Å². The molecule has 1 N–H and O–H groups in total. The minimum absolute atomic E-state index is 0.441. The molecule has 0 unspecified atom stereocenters. The number of benzene rings is 2. The summed E-state index contributed by atoms with van der Waals surface area (Å²) in [5.41, 5.74) is 2.08. The second-order valence-electron chi connectivity index (χ2n) is 5.81. The van der Waals surface area contributed by atoms with Crippen LogP contribution in [0.3, 0.4) is 0 Å². The van der Waals surface area contributed by atoms with E-state index in [0.717, 1.165) is 11.1 Å². The summed E-state index contributed by atoms with van der Waals surface area (Å²) in [6.45, 7) is 0. The van der Waals surface area contributed by atoms with E-state index in [1.807, 2.05) is 24.3 Å². The van der Waals surface area contributed by atoms with Crippen LogP contribution < -0.4 is 14.8 Å². The quantitative estimate of drug-likeness (QED) is 0.500. The molecule has 4 aromatic rings. The van der Waals surface area contributed by atoms with E-state index in [9.17, 15) is 0 Å². The first-order valence-corrected chi connectivity index (χ1v) is 8.99. The zero-order valence-electron chi connectivity index (χ0n) is 15.0. The predicted octanol–water partition coefficient (Wildman–Crippen LogP) is 4.88. The van der Waals surface area contributed by atoms with Crippen molar-refractivity contribution in [1.82, 2.24) is 19.7 Å². The van der Waals surface area contributed by atoms with Crippen LogP contribution in [0.1, 0.15) is 0 Å². The second-order valence-corrected chi connectivity index (χ2v) is 6.62. The molecule has 0 amide bonds. The molecule has 28 heavy (non-hydrogen) atoms. The van der Waals surface area contributed by atoms with E-state index in [4.69, 9.17) is 32.7 Å². The van der Waals surface area contributed by atoms with Crippen molar-refractivity contribution in [3.05, 3.63) is 59.0 Å². The fourth-order valence-electron chi connectivity index (χ4n) is 2.79. The van der Waals surface area contributed by atoms with Crippen LogP contribution in [0.25, 0.3) is 16.7 Å². The highest BCUT2D eigenvalue weighted by Crippen LogP contribution is 2.33. The van der Waals surface area contributed by atoms with Gasteiger partial charge in [-0.2, -0.15) is 5.10 Å². The summed E-state index contributed by atoms with van der Waals surface area (Å²) in [5.74, 6) is 1.94. The smallest absolute Gasteiger partial charge is 0.168 e. The average Bonchev–Trinajstić information content (AvgIpc) is 3.15. The highest BCUT2D eigenvalue weighted by atomic mass is 35.5. The van der Waals surface area contributed by atoms with Crippen LogP contribution in [0.15, 0.2) is 48.9 Å². The Morgan fingerprint density at radius 3 is 2.57 bits per heavy atom. The molecule has 7 nitrogen and oxygen atoms in total. The van der Waals surface area contributed by atoms with E-state index in [1.165, 1.54) is 6.33 Å². The first-order chi connectivity index (χ1) is 13.6. The fraction of sp³-hybridized carbons (Fsp3) is 0.105. The molecular formula is C19H15Cl2N5O2. The molecule has 0 aliphatic rings. The summed E-state index contributed by atoms with van der Waals surface area (Å²) in [5, 5.41) is 9.35. The van der Waals surface area contributed by atoms with Gasteiger partial charge in [-0.15, -0.1) is 0 Å². The Morgan fingerprint density at radius 1 is 0.964 bits per heavy atom. The van der Waals surface area contributed by atoms with Gasteiger partial charge in [-0.05, 0) is 30.3 Å². The molecule has 0 aliphatic carbocycles. The molecule has 2 heterocycles. The molecule has 2 aromatic carbocycles. The second kappa shape index (κ2) is 7.53. The molecule has 0 bridgehead atoms. The molecule has 0 radical (unpaired) electrons. The Bertz CT molecular complexity index is 1160. The minimum atomic E-state index is 0.441. The lowest BCUT2D eigenvalue weighted by atomic mass is 10.2. The molecule has 2 aromatic heterocycles. The monoisotopic (exact) mass is 415 g/mol. The number of nitrogens with one attached hydrogen (secondary N) is 1. The van der Waals surface area contributed by atoms with Crippen molar-refractivity contribution in [2.24, 2.45) is 0 Å². The number of fused-ring (bicyclic) bond motifs is 1. The van der Waals surface area contributed by atoms with E-state index < -0.39 is 0 Å². The molecule has 142 valence electrons. The Labute approximate surface area is 170 Å². The topological polar surface area (TPSA) is 74.1 Å². The number of ether oxygens (including phenoxy) is 2. The van der Waals surface area contributed by atoms with Crippen LogP contribution in [-0.4, -0.2) is 34.0 Å². The van der Waals surface area contributed by atoms with Crippen molar-refractivity contribution in [3.63, 3.8) is 0 Å². The maximum absolute atomic E-state index is 6.14. The summed E-state index contributed by atoms with van der Waals surface area (Å²) in [4.78, 5) is 8.72. The van der Waals surface area contributed by atoms with Crippen molar-refractivity contribution >= 4 is 45.7 Å². The normalized spacial score (nSPS) is 10.9. The van der Waals surface area contributed by atoms with Crippen LogP contribution in [0.2, 0.25) is 10.0 Å². The summed E-state index contributed by atoms with van der Waals surface area (Å²) >= 11 is 12.1. The minimum Gasteiger partial charge on any atom is -0.497 e. The molecule has 9 heteroatoms. The summed E-state index contributed by atoms with van der Waals surface area (Å²) in [6.07, 6.45) is 3.15. The van der Waals surface area contributed by atoms with Crippen molar-refractivity contribution in [1.29, 1.82) is 0 Å². The van der Waals surface area contributed by atoms with Gasteiger partial charge in [0.05, 0.1) is 47.2 Å². The van der Waals surface area contributed by atoms with Crippen molar-refractivity contribution < 1.29 is 9.47 Å². The van der Waals surface area contributed by atoms with Crippen LogP contribution in [0, 0.1) is 0 Å². The summed E-state index contributed by atoms with van der Waals surface area (Å²) in [7, 11) is 3.21. The SMILES string of the molecule is COc1ccc(OC)c(Nc2ncnc3c2cnn3-c2ccc(Cl)c(Cl)c2)c1. The van der Waals surface area contributed by atoms with E-state index >= 15 is 0 Å². The van der Waals surface area contributed by atoms with E-state index in [-0.39, 0.29) is 0 Å². The number of anilines is 2. The van der Waals surface area contributed by atoms with Crippen molar-refractivity contribution in [2.75, 3.05) is 19.5 Å². The zero-order valence-corrected chi connectivity index (χ0v) is 16.5. The van der Waals surface area contributed by atoms with Crippen molar-refractivity contribution in [2.45, 2.75) is 0 Å². The highest BCUT2D eigenvalue weighted by molar-refractivity contribution is 6.42. The van der Waals surface area contributed by atoms with E-state index in [0.29, 0.717) is 38.7 Å². The Kier molecular flexibility index (Phi) is 4.93. The van der Waals surface area contributed by atoms with Gasteiger partial charge in [0.15, 0.2) is 5.65 Å². The van der Waals surface area contributed by atoms with Gasteiger partial charge in [0.1, 0.15) is 23.6 Å². The number of methoxy groups -OCH3 is 2. The van der Waals surface area contributed by atoms with Crippen LogP contribution in [0.5, 0.6) is 11.5 Å². The number of nitrogens with zero attached hydrogens (tertiary/aromatic N) is 4. The maximum atomic E-state index is 6.14. The molecule has 0 spiro atoms. The van der Waals surface area contributed by atoms with Gasteiger partial charge in [-0.3, -0.25) is 0 Å². The first-order valence-electron chi connectivity index (χ1n) is 8.24. The highest BCUT2D eigenvalue weighted by Gasteiger charge is 2.14. The average molecular weight is 416 g/mol. The van der Waals surface area contributed by atoms with Gasteiger partial charge in [-0.1, -0.05) is 23.2 Å². The van der Waals surface area contributed by atoms with Crippen LogP contribution >= 0.6 is 23.2 Å². The zero-order chi connectivity index (χ0) is 19.7. The number of hydrogen-bond donors (Lipinski definition) is 1. The summed E-state index contributed by atoms with van der Waals surface area (Å²) < 4.78 is 12.4. The Balaban J connectivity index is 1.78. The Morgan fingerprint density at radius 2 is 1.82 bits per heavy atom. The van der Waals surface area contributed by atoms with E-state index in [2.05, 4.69) is 20.4 Å². The molecule has 0 saturated carbocycles. The number of aromatic nitrogens is 4. The molecule has 0 atom stereocenters. The number of halogens is 2. The molecular weight excluding hydrogens is 401 g/mol. The van der Waals surface area contributed by atoms with Gasteiger partial charge >= 0.3 is 0 Å². The van der Waals surface area contributed by atoms with E-state index in [1.54, 1.807) is 37.2 Å². The lowest BCUT2D eigenvalue weighted by Gasteiger charge is -2.12. The molecule has 4 rings (SSSR count). The molecule has 0 aliphatic heterocycles. The van der Waals surface area contributed by atoms with Gasteiger partial charge in [0, 0.05) is 6.07 Å². The number of rotatable bonds is 5. The predicted molar refractivity (Wildman–Crippen MR) is 110 cm³/mol. The largest absolute Gasteiger partial charge is 0.497 e. The first kappa shape index (κ1) is 18.3. The Hall–Kier alpha value is -3.03. The molecule has 0 saturated heterocycles. The van der Waals surface area contributed by atoms with Gasteiger partial charge < -0.3 is 14.8 Å². The van der Waals surface area contributed by atoms with Crippen molar-refractivity contribution in [3.8, 4) is 17.2 Å². The third kappa shape index (κ3) is 3.30. The lowest BCUT2D eigenvalue weighted by molar-refractivity contribution is 0.405. The third-order valence-corrected chi connectivity index (χ3v) is 4.91. The summed E-state index contributed by atoms with van der Waals surface area (Å²) in [6, 6.07) is 10.7. The van der Waals surface area contributed by atoms with Gasteiger partial charge in [0.2, 0.25) is 0 Å². The molecule has 0 fully saturated rings. The van der Waals surface area contributed by atoms with Crippen LogP contribution in [0.4, 0.5) is 11.5 Å². The third-order valence-electron chi connectivity index (χ3n) is 4.17. The standard InChI is InChI=1S/C19H15Cl2N5O2/c1-27-12-4-6-17(28-2)16(8-12)25-18-13-9-24-26(19(13)23-10-22-18)11-3-5-14(20)15(21)7-11/h3-10H,1-2H3,(H,22,23,25). The fourth-order valence-corrected chi connectivity index (χ4v) is 3.08. The van der Waals surface area contributed by atoms with Crippen LogP contribution in [-0.2, 0) is 0 Å². The van der Waals surface area contributed by atoms with Gasteiger partial charge in [0.25, 0.3) is 0 Å². The lowest BCUT2D eigenvalue weighted by Crippen LogP contribution is -2.01. The number of hydrogen-bond acceptors (Lipinski definition) is 6.